The van der Waals surface area contributed by atoms with E-state index in [0.29, 0.717) is 23.8 Å². The van der Waals surface area contributed by atoms with E-state index in [1.54, 1.807) is 30.9 Å². The highest BCUT2D eigenvalue weighted by atomic mass is 19.3. The Hall–Kier alpha value is -2.91. The Labute approximate surface area is 143 Å². The number of aryl methyl sites for hydroxylation is 1. The summed E-state index contributed by atoms with van der Waals surface area (Å²) in [6.45, 7) is -2.26. The monoisotopic (exact) mass is 354 g/mol. The van der Waals surface area contributed by atoms with Gasteiger partial charge in [-0.25, -0.2) is 4.98 Å². The van der Waals surface area contributed by atoms with E-state index >= 15 is 0 Å². The fourth-order valence-electron chi connectivity index (χ4n) is 2.06. The molecule has 1 aromatic heterocycles. The molecule has 2 N–H and O–H groups in total. The van der Waals surface area contributed by atoms with E-state index in [9.17, 15) is 8.78 Å². The van der Waals surface area contributed by atoms with Crippen LogP contribution in [0, 0.1) is 0 Å². The second-order valence-electron chi connectivity index (χ2n) is 4.93. The fraction of sp³-hybridized carbons (Fsp3) is 0.400. The molecule has 0 spiro atoms. The number of hydrogen-bond donors (Lipinski definition) is 2. The molecule has 1 heterocycles. The average Bonchev–Trinajstić information content (AvgIpc) is 3.00. The van der Waals surface area contributed by atoms with Gasteiger partial charge in [-0.05, 0) is 12.1 Å². The van der Waals surface area contributed by atoms with Gasteiger partial charge in [-0.2, -0.15) is 13.9 Å². The number of guanidine groups is 1. The van der Waals surface area contributed by atoms with E-state index < -0.39 is 6.61 Å². The summed E-state index contributed by atoms with van der Waals surface area (Å²) in [5.74, 6) is 1.70. The van der Waals surface area contributed by atoms with Crippen molar-refractivity contribution in [2.24, 2.45) is 12.0 Å². The Morgan fingerprint density at radius 2 is 2.08 bits per heavy atom. The van der Waals surface area contributed by atoms with Crippen molar-refractivity contribution in [3.05, 3.63) is 35.9 Å². The van der Waals surface area contributed by atoms with Crippen molar-refractivity contribution in [1.82, 2.24) is 25.4 Å². The first kappa shape index (κ1) is 18.4. The van der Waals surface area contributed by atoms with Crippen LogP contribution in [0.2, 0.25) is 0 Å². The zero-order chi connectivity index (χ0) is 18.2. The van der Waals surface area contributed by atoms with Crippen molar-refractivity contribution in [2.75, 3.05) is 14.2 Å². The van der Waals surface area contributed by atoms with Crippen molar-refractivity contribution < 1.29 is 18.3 Å². The van der Waals surface area contributed by atoms with Gasteiger partial charge in [-0.15, -0.1) is 0 Å². The summed E-state index contributed by atoms with van der Waals surface area (Å²) in [5, 5.41) is 10.1. The first-order valence-electron chi connectivity index (χ1n) is 7.42. The molecule has 0 saturated carbocycles. The van der Waals surface area contributed by atoms with Gasteiger partial charge in [0.25, 0.3) is 0 Å². The lowest BCUT2D eigenvalue weighted by atomic mass is 10.2. The van der Waals surface area contributed by atoms with Gasteiger partial charge >= 0.3 is 6.61 Å². The van der Waals surface area contributed by atoms with Crippen molar-refractivity contribution in [3.63, 3.8) is 0 Å². The van der Waals surface area contributed by atoms with Gasteiger partial charge in [0.05, 0.1) is 13.7 Å². The SMILES string of the molecule is CN=C(NCc1ccc(OC)cc1OC(F)F)NCc1ncnn1C. The first-order chi connectivity index (χ1) is 12.0. The van der Waals surface area contributed by atoms with Crippen LogP contribution in [0.15, 0.2) is 29.5 Å². The lowest BCUT2D eigenvalue weighted by Gasteiger charge is -2.15. The highest BCUT2D eigenvalue weighted by Gasteiger charge is 2.12. The van der Waals surface area contributed by atoms with Crippen LogP contribution in [0.5, 0.6) is 11.5 Å². The molecule has 10 heteroatoms. The third-order valence-corrected chi connectivity index (χ3v) is 3.38. The number of hydrogen-bond acceptors (Lipinski definition) is 5. The number of methoxy groups -OCH3 is 1. The van der Waals surface area contributed by atoms with E-state index in [2.05, 4.69) is 30.4 Å². The largest absolute Gasteiger partial charge is 0.497 e. The van der Waals surface area contributed by atoms with Crippen LogP contribution in [0.1, 0.15) is 11.4 Å². The molecule has 0 amide bonds. The summed E-state index contributed by atoms with van der Waals surface area (Å²) < 4.78 is 36.4. The number of benzene rings is 1. The molecule has 136 valence electrons. The minimum absolute atomic E-state index is 0.0469. The summed E-state index contributed by atoms with van der Waals surface area (Å²) >= 11 is 0. The van der Waals surface area contributed by atoms with Crippen molar-refractivity contribution >= 4 is 5.96 Å². The molecule has 0 radical (unpaired) electrons. The third kappa shape index (κ3) is 5.30. The summed E-state index contributed by atoms with van der Waals surface area (Å²) in [6, 6.07) is 4.74. The van der Waals surface area contributed by atoms with Crippen molar-refractivity contribution in [3.8, 4) is 11.5 Å². The molecule has 8 nitrogen and oxygen atoms in total. The van der Waals surface area contributed by atoms with Gasteiger partial charge in [0.2, 0.25) is 0 Å². The Bertz CT molecular complexity index is 720. The van der Waals surface area contributed by atoms with E-state index in [-0.39, 0.29) is 12.3 Å². The Morgan fingerprint density at radius 1 is 1.32 bits per heavy atom. The zero-order valence-corrected chi connectivity index (χ0v) is 14.2. The van der Waals surface area contributed by atoms with E-state index in [0.717, 1.165) is 5.82 Å². The summed E-state index contributed by atoms with van der Waals surface area (Å²) in [5.41, 5.74) is 0.544. The molecule has 0 bridgehead atoms. The van der Waals surface area contributed by atoms with Gasteiger partial charge in [-0.3, -0.25) is 9.67 Å². The molecule has 2 rings (SSSR count). The minimum Gasteiger partial charge on any atom is -0.497 e. The predicted molar refractivity (Wildman–Crippen MR) is 87.7 cm³/mol. The Kier molecular flexibility index (Phi) is 6.49. The van der Waals surface area contributed by atoms with Crippen LogP contribution < -0.4 is 20.1 Å². The number of rotatable bonds is 7. The summed E-state index contributed by atoms with van der Waals surface area (Å²) in [7, 11) is 4.85. The minimum atomic E-state index is -2.92. The first-order valence-corrected chi connectivity index (χ1v) is 7.42. The quantitative estimate of drug-likeness (QED) is 0.576. The second-order valence-corrected chi connectivity index (χ2v) is 4.93. The molecule has 25 heavy (non-hydrogen) atoms. The number of halogens is 2. The number of aliphatic imine (C=N–C) groups is 1. The molecule has 0 saturated heterocycles. The maximum atomic E-state index is 12.6. The molecular formula is C15H20F2N6O2. The average molecular weight is 354 g/mol. The Morgan fingerprint density at radius 3 is 2.68 bits per heavy atom. The molecule has 1 aromatic carbocycles. The molecule has 0 fully saturated rings. The standard InChI is InChI=1S/C15H20F2N6O2/c1-18-15(20-8-13-21-9-22-23(13)2)19-7-10-4-5-11(24-3)6-12(10)25-14(16)17/h4-6,9,14H,7-8H2,1-3H3,(H2,18,19,20). The normalized spacial score (nSPS) is 11.5. The predicted octanol–water partition coefficient (Wildman–Crippen LogP) is 1.29. The smallest absolute Gasteiger partial charge is 0.387 e. The number of nitrogens with one attached hydrogen (secondary N) is 2. The van der Waals surface area contributed by atoms with Gasteiger partial charge in [0.15, 0.2) is 5.96 Å². The molecule has 2 aromatic rings. The maximum absolute atomic E-state index is 12.6. The van der Waals surface area contributed by atoms with Crippen molar-refractivity contribution in [1.29, 1.82) is 0 Å². The van der Waals surface area contributed by atoms with Gasteiger partial charge in [-0.1, -0.05) is 0 Å². The molecule has 0 atom stereocenters. The van der Waals surface area contributed by atoms with E-state index in [4.69, 9.17) is 4.74 Å². The number of ether oxygens (including phenoxy) is 2. The van der Waals surface area contributed by atoms with Crippen LogP contribution in [0.3, 0.4) is 0 Å². The van der Waals surface area contributed by atoms with Gasteiger partial charge < -0.3 is 20.1 Å². The highest BCUT2D eigenvalue weighted by Crippen LogP contribution is 2.26. The van der Waals surface area contributed by atoms with Gasteiger partial charge in [0, 0.05) is 32.3 Å². The fourth-order valence-corrected chi connectivity index (χ4v) is 2.06. The molecule has 0 aliphatic heterocycles. The third-order valence-electron chi connectivity index (χ3n) is 3.38. The van der Waals surface area contributed by atoms with Crippen LogP contribution in [-0.2, 0) is 20.1 Å². The number of alkyl halides is 2. The zero-order valence-electron chi connectivity index (χ0n) is 14.2. The van der Waals surface area contributed by atoms with Crippen molar-refractivity contribution in [2.45, 2.75) is 19.7 Å². The number of aromatic nitrogens is 3. The molecule has 0 unspecified atom stereocenters. The molecule has 0 aliphatic rings. The maximum Gasteiger partial charge on any atom is 0.387 e. The van der Waals surface area contributed by atoms with Crippen LogP contribution >= 0.6 is 0 Å². The van der Waals surface area contributed by atoms with Crippen LogP contribution in [0.25, 0.3) is 0 Å². The van der Waals surface area contributed by atoms with Gasteiger partial charge in [0.1, 0.15) is 23.7 Å². The Balaban J connectivity index is 1.99. The lowest BCUT2D eigenvalue weighted by molar-refractivity contribution is -0.0505. The van der Waals surface area contributed by atoms with E-state index in [1.165, 1.54) is 19.5 Å². The highest BCUT2D eigenvalue weighted by molar-refractivity contribution is 5.79. The molecular weight excluding hydrogens is 334 g/mol. The summed E-state index contributed by atoms with van der Waals surface area (Å²) in [6.07, 6.45) is 1.46. The topological polar surface area (TPSA) is 85.6 Å². The van der Waals surface area contributed by atoms with E-state index in [1.807, 2.05) is 0 Å². The molecule has 0 aliphatic carbocycles. The van der Waals surface area contributed by atoms with Crippen LogP contribution in [0.4, 0.5) is 8.78 Å². The van der Waals surface area contributed by atoms with Crippen LogP contribution in [-0.4, -0.2) is 41.5 Å². The number of nitrogens with zero attached hydrogens (tertiary/aromatic N) is 4. The summed E-state index contributed by atoms with van der Waals surface area (Å²) in [4.78, 5) is 8.18. The second kappa shape index (κ2) is 8.81. The lowest BCUT2D eigenvalue weighted by Crippen LogP contribution is -2.37.